The zero-order valence-electron chi connectivity index (χ0n) is 11.8. The lowest BCUT2D eigenvalue weighted by molar-refractivity contribution is 0.549. The van der Waals surface area contributed by atoms with Crippen molar-refractivity contribution in [2.45, 2.75) is 24.2 Å². The molecule has 4 nitrogen and oxygen atoms in total. The van der Waals surface area contributed by atoms with Crippen LogP contribution >= 0.6 is 11.6 Å². The lowest BCUT2D eigenvalue weighted by Gasteiger charge is -2.16. The molecule has 0 radical (unpaired) electrons. The third-order valence-electron chi connectivity index (χ3n) is 3.08. The minimum Gasteiger partial charge on any atom is -0.222 e. The number of hydrogen-bond acceptors (Lipinski definition) is 3. The van der Waals surface area contributed by atoms with Gasteiger partial charge in [-0.15, -0.1) is 4.83 Å². The molecule has 0 aliphatic carbocycles. The molecule has 0 saturated heterocycles. The van der Waals surface area contributed by atoms with E-state index in [0.717, 1.165) is 16.7 Å². The van der Waals surface area contributed by atoms with Crippen molar-refractivity contribution in [1.29, 1.82) is 0 Å². The first-order valence-corrected chi connectivity index (χ1v) is 8.36. The molecule has 0 bridgehead atoms. The Morgan fingerprint density at radius 2 is 1.71 bits per heavy atom. The molecule has 0 spiro atoms. The van der Waals surface area contributed by atoms with Gasteiger partial charge in [-0.1, -0.05) is 53.6 Å². The largest absolute Gasteiger partial charge is 0.253 e. The van der Waals surface area contributed by atoms with E-state index in [1.54, 1.807) is 18.2 Å². The average Bonchev–Trinajstić information content (AvgIpc) is 2.48. The van der Waals surface area contributed by atoms with E-state index in [1.165, 1.54) is 12.1 Å². The Kier molecular flexibility index (Phi) is 5.00. The molecular formula is C15H17ClN2O2S. The molecule has 0 aliphatic heterocycles. The maximum atomic E-state index is 12.1. The Balaban J connectivity index is 2.11. The molecule has 1 atom stereocenters. The Hall–Kier alpha value is -1.40. The summed E-state index contributed by atoms with van der Waals surface area (Å²) in [4.78, 5) is 2.49. The van der Waals surface area contributed by atoms with Crippen molar-refractivity contribution in [3.05, 3.63) is 65.2 Å². The fourth-order valence-electron chi connectivity index (χ4n) is 1.90. The van der Waals surface area contributed by atoms with Crippen LogP contribution in [-0.4, -0.2) is 8.42 Å². The van der Waals surface area contributed by atoms with Gasteiger partial charge in [0.2, 0.25) is 0 Å². The molecule has 2 rings (SSSR count). The van der Waals surface area contributed by atoms with Crippen LogP contribution in [0, 0.1) is 13.8 Å². The average molecular weight is 325 g/mol. The van der Waals surface area contributed by atoms with E-state index >= 15 is 0 Å². The minimum absolute atomic E-state index is 0.183. The van der Waals surface area contributed by atoms with Crippen LogP contribution in [0.4, 0.5) is 0 Å². The van der Waals surface area contributed by atoms with E-state index in [0.29, 0.717) is 0 Å². The summed E-state index contributed by atoms with van der Waals surface area (Å²) in [5, 5.41) is 0. The predicted octanol–water partition coefficient (Wildman–Crippen LogP) is 3.02. The molecule has 21 heavy (non-hydrogen) atoms. The van der Waals surface area contributed by atoms with Crippen LogP contribution in [0.5, 0.6) is 0 Å². The van der Waals surface area contributed by atoms with Crippen molar-refractivity contribution >= 4 is 21.6 Å². The van der Waals surface area contributed by atoms with Crippen LogP contribution in [0.3, 0.4) is 0 Å². The summed E-state index contributed by atoms with van der Waals surface area (Å²) in [7, 11) is -3.63. The Labute approximate surface area is 130 Å². The SMILES string of the molecule is Cc1ccc(C)c(C(Cl)NNS(=O)(=O)c2ccccc2)c1. The Morgan fingerprint density at radius 1 is 1.05 bits per heavy atom. The monoisotopic (exact) mass is 324 g/mol. The van der Waals surface area contributed by atoms with Crippen LogP contribution in [-0.2, 0) is 10.0 Å². The summed E-state index contributed by atoms with van der Waals surface area (Å²) in [6.07, 6.45) is 0. The quantitative estimate of drug-likeness (QED) is 0.505. The number of hydrazine groups is 1. The van der Waals surface area contributed by atoms with Gasteiger partial charge in [0.05, 0.1) is 4.90 Å². The van der Waals surface area contributed by atoms with E-state index < -0.39 is 15.5 Å². The molecule has 1 unspecified atom stereocenters. The van der Waals surface area contributed by atoms with Crippen molar-refractivity contribution in [3.63, 3.8) is 0 Å². The normalized spacial score (nSPS) is 13.1. The van der Waals surface area contributed by atoms with Gasteiger partial charge in [-0.25, -0.2) is 13.8 Å². The zero-order valence-corrected chi connectivity index (χ0v) is 13.4. The highest BCUT2D eigenvalue weighted by Crippen LogP contribution is 2.22. The van der Waals surface area contributed by atoms with Gasteiger partial charge in [0, 0.05) is 0 Å². The van der Waals surface area contributed by atoms with Crippen LogP contribution in [0.25, 0.3) is 0 Å². The summed E-state index contributed by atoms with van der Waals surface area (Å²) in [5.41, 5.74) is 4.88. The van der Waals surface area contributed by atoms with E-state index in [4.69, 9.17) is 11.6 Å². The third-order valence-corrected chi connectivity index (χ3v) is 4.70. The molecular weight excluding hydrogens is 308 g/mol. The molecule has 0 saturated carbocycles. The second-order valence-electron chi connectivity index (χ2n) is 4.79. The molecule has 0 aliphatic rings. The highest BCUT2D eigenvalue weighted by molar-refractivity contribution is 7.89. The van der Waals surface area contributed by atoms with Crippen LogP contribution in [0.2, 0.25) is 0 Å². The van der Waals surface area contributed by atoms with Crippen molar-refractivity contribution in [3.8, 4) is 0 Å². The molecule has 2 N–H and O–H groups in total. The molecule has 6 heteroatoms. The molecule has 0 heterocycles. The number of halogens is 1. The van der Waals surface area contributed by atoms with Crippen molar-refractivity contribution < 1.29 is 8.42 Å². The predicted molar refractivity (Wildman–Crippen MR) is 84.4 cm³/mol. The fraction of sp³-hybridized carbons (Fsp3) is 0.200. The Morgan fingerprint density at radius 3 is 2.38 bits per heavy atom. The van der Waals surface area contributed by atoms with Gasteiger partial charge < -0.3 is 0 Å². The van der Waals surface area contributed by atoms with Gasteiger partial charge in [0.1, 0.15) is 5.50 Å². The van der Waals surface area contributed by atoms with Crippen LogP contribution in [0.1, 0.15) is 22.2 Å². The third kappa shape index (κ3) is 4.04. The first-order valence-electron chi connectivity index (χ1n) is 6.44. The second-order valence-corrected chi connectivity index (χ2v) is 6.90. The number of sulfonamides is 1. The maximum absolute atomic E-state index is 12.1. The van der Waals surface area contributed by atoms with Gasteiger partial charge >= 0.3 is 0 Å². The molecule has 0 fully saturated rings. The molecule has 112 valence electrons. The second kappa shape index (κ2) is 6.58. The van der Waals surface area contributed by atoms with E-state index in [2.05, 4.69) is 10.3 Å². The summed E-state index contributed by atoms with van der Waals surface area (Å²) < 4.78 is 24.2. The van der Waals surface area contributed by atoms with E-state index in [1.807, 2.05) is 32.0 Å². The van der Waals surface area contributed by atoms with Crippen LogP contribution in [0.15, 0.2) is 53.4 Å². The summed E-state index contributed by atoms with van der Waals surface area (Å²) in [6, 6.07) is 14.0. The maximum Gasteiger partial charge on any atom is 0.253 e. The number of hydrogen-bond donors (Lipinski definition) is 2. The number of rotatable bonds is 5. The smallest absolute Gasteiger partial charge is 0.222 e. The van der Waals surface area contributed by atoms with Gasteiger partial charge in [-0.2, -0.15) is 0 Å². The van der Waals surface area contributed by atoms with Gasteiger partial charge in [0.25, 0.3) is 10.0 Å². The van der Waals surface area contributed by atoms with Crippen LogP contribution < -0.4 is 10.3 Å². The summed E-state index contributed by atoms with van der Waals surface area (Å²) >= 11 is 6.24. The lowest BCUT2D eigenvalue weighted by atomic mass is 10.1. The first-order chi connectivity index (χ1) is 9.90. The minimum atomic E-state index is -3.63. The van der Waals surface area contributed by atoms with Gasteiger partial charge in [0.15, 0.2) is 0 Å². The topological polar surface area (TPSA) is 58.2 Å². The van der Waals surface area contributed by atoms with Crippen molar-refractivity contribution in [2.24, 2.45) is 0 Å². The molecule has 0 aromatic heterocycles. The summed E-state index contributed by atoms with van der Waals surface area (Å²) in [5.74, 6) is 0. The van der Waals surface area contributed by atoms with E-state index in [9.17, 15) is 8.42 Å². The van der Waals surface area contributed by atoms with Crippen molar-refractivity contribution in [2.75, 3.05) is 0 Å². The number of nitrogens with one attached hydrogen (secondary N) is 2. The fourth-order valence-corrected chi connectivity index (χ4v) is 3.16. The lowest BCUT2D eigenvalue weighted by Crippen LogP contribution is -2.38. The zero-order chi connectivity index (χ0) is 15.5. The number of benzene rings is 2. The Bertz CT molecular complexity index is 718. The molecule has 2 aromatic carbocycles. The number of aryl methyl sites for hydroxylation is 2. The van der Waals surface area contributed by atoms with Gasteiger partial charge in [-0.3, -0.25) is 0 Å². The molecule has 2 aromatic rings. The standard InChI is InChI=1S/C15H17ClN2O2S/c1-11-8-9-12(2)14(10-11)15(16)17-18-21(19,20)13-6-4-3-5-7-13/h3-10,15,17-18H,1-2H3. The first kappa shape index (κ1) is 16.0. The highest BCUT2D eigenvalue weighted by Gasteiger charge is 2.16. The van der Waals surface area contributed by atoms with Gasteiger partial charge in [-0.05, 0) is 37.1 Å². The highest BCUT2D eigenvalue weighted by atomic mass is 35.5. The molecule has 0 amide bonds. The summed E-state index contributed by atoms with van der Waals surface area (Å²) in [6.45, 7) is 3.89. The van der Waals surface area contributed by atoms with E-state index in [-0.39, 0.29) is 4.90 Å². The number of alkyl halides is 1. The van der Waals surface area contributed by atoms with Crippen molar-refractivity contribution in [1.82, 2.24) is 10.3 Å².